The van der Waals surface area contributed by atoms with Crippen LogP contribution in [0.2, 0.25) is 0 Å². The Balaban J connectivity index is 1.50. The molecule has 0 aliphatic carbocycles. The lowest BCUT2D eigenvalue weighted by Crippen LogP contribution is -2.44. The van der Waals surface area contributed by atoms with Crippen molar-refractivity contribution in [3.63, 3.8) is 0 Å². The number of guanidine groups is 1. The van der Waals surface area contributed by atoms with Crippen molar-refractivity contribution in [2.75, 3.05) is 25.0 Å². The smallest absolute Gasteiger partial charge is 0.191 e. The number of hydrogen-bond acceptors (Lipinski definition) is 2. The van der Waals surface area contributed by atoms with Gasteiger partial charge in [-0.2, -0.15) is 0 Å². The van der Waals surface area contributed by atoms with E-state index in [1.54, 1.807) is 0 Å². The van der Waals surface area contributed by atoms with E-state index in [1.165, 1.54) is 16.8 Å². The second-order valence-electron chi connectivity index (χ2n) is 6.32. The van der Waals surface area contributed by atoms with Gasteiger partial charge >= 0.3 is 0 Å². The van der Waals surface area contributed by atoms with Gasteiger partial charge in [0, 0.05) is 38.4 Å². The van der Waals surface area contributed by atoms with E-state index < -0.39 is 0 Å². The van der Waals surface area contributed by atoms with E-state index in [0.29, 0.717) is 6.04 Å². The highest BCUT2D eigenvalue weighted by Crippen LogP contribution is 2.19. The topological polar surface area (TPSA) is 39.7 Å². The van der Waals surface area contributed by atoms with Gasteiger partial charge in [-0.1, -0.05) is 48.0 Å². The van der Waals surface area contributed by atoms with E-state index in [4.69, 9.17) is 0 Å². The molecule has 2 N–H and O–H groups in total. The van der Waals surface area contributed by atoms with Crippen molar-refractivity contribution in [2.45, 2.75) is 25.9 Å². The predicted octanol–water partition coefficient (Wildman–Crippen LogP) is 2.94. The molecule has 0 saturated carbocycles. The molecule has 0 aromatic heterocycles. The summed E-state index contributed by atoms with van der Waals surface area (Å²) in [6.45, 7) is 4.98. The van der Waals surface area contributed by atoms with E-state index in [1.807, 2.05) is 7.05 Å². The van der Waals surface area contributed by atoms with Gasteiger partial charge in [0.25, 0.3) is 0 Å². The maximum absolute atomic E-state index is 4.36. The Morgan fingerprint density at radius 1 is 1.12 bits per heavy atom. The number of para-hydroxylation sites is 1. The number of nitrogens with one attached hydrogen (secondary N) is 2. The van der Waals surface area contributed by atoms with Gasteiger partial charge in [0.05, 0.1) is 0 Å². The van der Waals surface area contributed by atoms with Crippen LogP contribution in [0.4, 0.5) is 5.69 Å². The lowest BCUT2D eigenvalue weighted by atomic mass is 10.1. The predicted molar refractivity (Wildman–Crippen MR) is 102 cm³/mol. The molecule has 126 valence electrons. The molecule has 1 fully saturated rings. The molecule has 0 bridgehead atoms. The first-order valence-corrected chi connectivity index (χ1v) is 8.57. The van der Waals surface area contributed by atoms with Gasteiger partial charge in [0.15, 0.2) is 5.96 Å². The van der Waals surface area contributed by atoms with Gasteiger partial charge in [-0.05, 0) is 31.0 Å². The number of aryl methyl sites for hydroxylation is 1. The molecule has 2 aromatic rings. The molecule has 0 amide bonds. The Morgan fingerprint density at radius 3 is 2.58 bits per heavy atom. The maximum Gasteiger partial charge on any atom is 0.191 e. The molecule has 1 saturated heterocycles. The largest absolute Gasteiger partial charge is 0.369 e. The fraction of sp³-hybridized carbons (Fsp3) is 0.350. The highest BCUT2D eigenvalue weighted by atomic mass is 15.2. The van der Waals surface area contributed by atoms with E-state index in [-0.39, 0.29) is 0 Å². The third-order valence-electron chi connectivity index (χ3n) is 4.45. The number of benzene rings is 2. The molecule has 1 heterocycles. The van der Waals surface area contributed by atoms with Gasteiger partial charge < -0.3 is 15.5 Å². The molecule has 24 heavy (non-hydrogen) atoms. The molecule has 1 aliphatic heterocycles. The summed E-state index contributed by atoms with van der Waals surface area (Å²) in [7, 11) is 1.83. The quantitative estimate of drug-likeness (QED) is 0.671. The van der Waals surface area contributed by atoms with Crippen molar-refractivity contribution in [3.05, 3.63) is 65.7 Å². The summed E-state index contributed by atoms with van der Waals surface area (Å²) in [5.41, 5.74) is 3.85. The van der Waals surface area contributed by atoms with Crippen LogP contribution in [0.5, 0.6) is 0 Å². The van der Waals surface area contributed by atoms with Crippen molar-refractivity contribution in [1.29, 1.82) is 0 Å². The Hall–Kier alpha value is -2.49. The monoisotopic (exact) mass is 322 g/mol. The molecule has 0 spiro atoms. The van der Waals surface area contributed by atoms with E-state index in [9.17, 15) is 0 Å². The highest BCUT2D eigenvalue weighted by molar-refractivity contribution is 5.80. The van der Waals surface area contributed by atoms with Crippen LogP contribution in [0.3, 0.4) is 0 Å². The molecule has 3 rings (SSSR count). The van der Waals surface area contributed by atoms with Crippen LogP contribution in [0.15, 0.2) is 59.6 Å². The zero-order valence-corrected chi connectivity index (χ0v) is 14.5. The highest BCUT2D eigenvalue weighted by Gasteiger charge is 2.23. The van der Waals surface area contributed by atoms with Gasteiger partial charge in [-0.15, -0.1) is 0 Å². The van der Waals surface area contributed by atoms with Crippen molar-refractivity contribution < 1.29 is 0 Å². The van der Waals surface area contributed by atoms with Crippen molar-refractivity contribution in [2.24, 2.45) is 4.99 Å². The summed E-state index contributed by atoms with van der Waals surface area (Å²) >= 11 is 0. The van der Waals surface area contributed by atoms with Crippen LogP contribution in [0.1, 0.15) is 17.5 Å². The number of rotatable bonds is 4. The fourth-order valence-corrected chi connectivity index (χ4v) is 3.03. The van der Waals surface area contributed by atoms with Crippen LogP contribution >= 0.6 is 0 Å². The SMILES string of the molecule is CN=C(NCc1ccc(C)cc1)NC1CCN(c2ccccc2)C1. The van der Waals surface area contributed by atoms with Gasteiger partial charge in [0.1, 0.15) is 0 Å². The second kappa shape index (κ2) is 7.86. The molecule has 0 radical (unpaired) electrons. The van der Waals surface area contributed by atoms with Crippen LogP contribution < -0.4 is 15.5 Å². The minimum Gasteiger partial charge on any atom is -0.369 e. The van der Waals surface area contributed by atoms with Crippen LogP contribution in [0.25, 0.3) is 0 Å². The Labute approximate surface area is 144 Å². The van der Waals surface area contributed by atoms with Crippen molar-refractivity contribution in [1.82, 2.24) is 10.6 Å². The van der Waals surface area contributed by atoms with E-state index in [0.717, 1.165) is 32.0 Å². The lowest BCUT2D eigenvalue weighted by molar-refractivity contribution is 0.648. The molecular formula is C20H26N4. The normalized spacial score (nSPS) is 17.8. The first-order valence-electron chi connectivity index (χ1n) is 8.57. The van der Waals surface area contributed by atoms with Gasteiger partial charge in [-0.3, -0.25) is 4.99 Å². The summed E-state index contributed by atoms with van der Waals surface area (Å²) in [6.07, 6.45) is 1.13. The van der Waals surface area contributed by atoms with Crippen LogP contribution in [-0.2, 0) is 6.54 Å². The summed E-state index contributed by atoms with van der Waals surface area (Å²) in [4.78, 5) is 6.78. The lowest BCUT2D eigenvalue weighted by Gasteiger charge is -2.20. The van der Waals surface area contributed by atoms with Gasteiger partial charge in [0.2, 0.25) is 0 Å². The zero-order valence-electron chi connectivity index (χ0n) is 14.5. The molecular weight excluding hydrogens is 296 g/mol. The summed E-state index contributed by atoms with van der Waals surface area (Å²) in [6, 6.07) is 19.6. The summed E-state index contributed by atoms with van der Waals surface area (Å²) < 4.78 is 0. The molecule has 4 nitrogen and oxygen atoms in total. The first kappa shape index (κ1) is 16.4. The molecule has 4 heteroatoms. The first-order chi connectivity index (χ1) is 11.7. The molecule has 1 unspecified atom stereocenters. The third kappa shape index (κ3) is 4.28. The van der Waals surface area contributed by atoms with Crippen LogP contribution in [-0.4, -0.2) is 32.1 Å². The second-order valence-corrected chi connectivity index (χ2v) is 6.32. The minimum atomic E-state index is 0.425. The number of anilines is 1. The Bertz CT molecular complexity index is 664. The molecule has 2 aromatic carbocycles. The maximum atomic E-state index is 4.36. The standard InChI is InChI=1S/C20H26N4/c1-16-8-10-17(11-9-16)14-22-20(21-2)23-18-12-13-24(15-18)19-6-4-3-5-7-19/h3-11,18H,12-15H2,1-2H3,(H2,21,22,23). The number of aliphatic imine (C=N–C) groups is 1. The van der Waals surface area contributed by atoms with Gasteiger partial charge in [-0.25, -0.2) is 0 Å². The Morgan fingerprint density at radius 2 is 1.88 bits per heavy atom. The average molecular weight is 322 g/mol. The number of hydrogen-bond donors (Lipinski definition) is 2. The molecule has 1 aliphatic rings. The van der Waals surface area contributed by atoms with E-state index >= 15 is 0 Å². The molecule has 1 atom stereocenters. The fourth-order valence-electron chi connectivity index (χ4n) is 3.03. The van der Waals surface area contributed by atoms with Crippen LogP contribution in [0, 0.1) is 6.92 Å². The Kier molecular flexibility index (Phi) is 5.36. The minimum absolute atomic E-state index is 0.425. The third-order valence-corrected chi connectivity index (χ3v) is 4.45. The van der Waals surface area contributed by atoms with E-state index in [2.05, 4.69) is 82.0 Å². The summed E-state index contributed by atoms with van der Waals surface area (Å²) in [5.74, 6) is 0.871. The summed E-state index contributed by atoms with van der Waals surface area (Å²) in [5, 5.41) is 6.95. The van der Waals surface area contributed by atoms with Crippen molar-refractivity contribution >= 4 is 11.6 Å². The van der Waals surface area contributed by atoms with Crippen molar-refractivity contribution in [3.8, 4) is 0 Å². The number of nitrogens with zero attached hydrogens (tertiary/aromatic N) is 2. The zero-order chi connectivity index (χ0) is 16.8. The average Bonchev–Trinajstić information content (AvgIpc) is 3.09.